The predicted octanol–water partition coefficient (Wildman–Crippen LogP) is 9.63. The summed E-state index contributed by atoms with van der Waals surface area (Å²) in [5, 5.41) is -3.16. The molecule has 0 spiro atoms. The summed E-state index contributed by atoms with van der Waals surface area (Å²) in [6.07, 6.45) is -4.23. The third-order valence-corrected chi connectivity index (χ3v) is 8.78. The van der Waals surface area contributed by atoms with Crippen LogP contribution in [0, 0.1) is 11.6 Å². The molecule has 0 radical (unpaired) electrons. The highest BCUT2D eigenvalue weighted by Gasteiger charge is 2.36. The topological polar surface area (TPSA) is 34.1 Å². The minimum absolute atomic E-state index is 0.0431. The van der Waals surface area contributed by atoms with E-state index in [4.69, 9.17) is 0 Å². The Morgan fingerprint density at radius 3 is 1.07 bits per heavy atom. The van der Waals surface area contributed by atoms with Gasteiger partial charge in [0, 0.05) is 0 Å². The van der Waals surface area contributed by atoms with Crippen molar-refractivity contribution < 1.29 is 43.5 Å². The first-order chi connectivity index (χ1) is 20.1. The Kier molecular flexibility index (Phi) is 9.24. The average Bonchev–Trinajstić information content (AvgIpc) is 2.94. The van der Waals surface area contributed by atoms with Crippen molar-refractivity contribution in [1.29, 1.82) is 0 Å². The highest BCUT2D eigenvalue weighted by atomic mass is 32.2. The van der Waals surface area contributed by atoms with E-state index >= 15 is 0 Å². The summed E-state index contributed by atoms with van der Waals surface area (Å²) in [6.45, 7) is 0. The first-order valence-corrected chi connectivity index (χ1v) is 14.2. The molecule has 0 aromatic heterocycles. The summed E-state index contributed by atoms with van der Waals surface area (Å²) in [4.78, 5) is 0. The van der Waals surface area contributed by atoms with E-state index in [0.29, 0.717) is 11.1 Å². The van der Waals surface area contributed by atoms with Gasteiger partial charge in [-0.15, -0.1) is 0 Å². The van der Waals surface area contributed by atoms with Crippen LogP contribution < -0.4 is 0 Å². The van der Waals surface area contributed by atoms with Gasteiger partial charge in [0.15, 0.2) is 9.84 Å². The van der Waals surface area contributed by atoms with Crippen molar-refractivity contribution in [3.63, 3.8) is 0 Å². The largest absolute Gasteiger partial charge is 0.416 e. The third-order valence-electron chi connectivity index (χ3n) is 6.51. The van der Waals surface area contributed by atoms with Gasteiger partial charge >= 0.3 is 12.4 Å². The maximum absolute atomic E-state index is 14.3. The third kappa shape index (κ3) is 7.98. The predicted molar refractivity (Wildman–Crippen MR) is 148 cm³/mol. The number of hydrogen-bond donors (Lipinski definition) is 0. The van der Waals surface area contributed by atoms with E-state index in [1.807, 2.05) is 0 Å². The van der Waals surface area contributed by atoms with Crippen molar-refractivity contribution in [2.75, 3.05) is 0 Å². The van der Waals surface area contributed by atoms with Gasteiger partial charge in [-0.25, -0.2) is 17.2 Å². The van der Waals surface area contributed by atoms with Crippen LogP contribution in [0.4, 0.5) is 35.1 Å². The SMILES string of the molecule is O=S(=O)(C(C=Cc1ccc(F)cc1)c1ccc(C(F)(F)F)cc1)C(/C=C/c1ccc(F)cc1)c1ccc(C(F)(F)F)cc1. The fraction of sp³-hybridized carbons (Fsp3) is 0.125. The molecule has 0 amide bonds. The molecule has 4 aromatic carbocycles. The summed E-state index contributed by atoms with van der Waals surface area (Å²) in [5.41, 5.74) is -1.32. The number of alkyl halides is 6. The Bertz CT molecular complexity index is 1560. The second kappa shape index (κ2) is 12.5. The number of halogens is 8. The van der Waals surface area contributed by atoms with E-state index in [2.05, 4.69) is 0 Å². The van der Waals surface area contributed by atoms with Crippen LogP contribution in [0.5, 0.6) is 0 Å². The zero-order chi connectivity index (χ0) is 31.4. The van der Waals surface area contributed by atoms with Crippen LogP contribution >= 0.6 is 0 Å². The molecule has 2 unspecified atom stereocenters. The fourth-order valence-corrected chi connectivity index (χ4v) is 6.23. The number of sulfone groups is 1. The Balaban J connectivity index is 1.85. The first kappa shape index (κ1) is 31.7. The molecule has 0 N–H and O–H groups in total. The van der Waals surface area contributed by atoms with Crippen LogP contribution in [0.25, 0.3) is 12.2 Å². The molecule has 0 bridgehead atoms. The van der Waals surface area contributed by atoms with Crippen LogP contribution in [0.2, 0.25) is 0 Å². The Hall–Kier alpha value is -4.25. The van der Waals surface area contributed by atoms with Gasteiger partial charge in [-0.2, -0.15) is 26.3 Å². The van der Waals surface area contributed by atoms with E-state index in [-0.39, 0.29) is 11.1 Å². The van der Waals surface area contributed by atoms with Gasteiger partial charge < -0.3 is 0 Å². The van der Waals surface area contributed by atoms with Crippen molar-refractivity contribution >= 4 is 22.0 Å². The van der Waals surface area contributed by atoms with Crippen molar-refractivity contribution in [1.82, 2.24) is 0 Å². The van der Waals surface area contributed by atoms with Crippen LogP contribution in [0.15, 0.2) is 109 Å². The molecule has 43 heavy (non-hydrogen) atoms. The quantitative estimate of drug-likeness (QED) is 0.184. The van der Waals surface area contributed by atoms with Gasteiger partial charge in [0.25, 0.3) is 0 Å². The van der Waals surface area contributed by atoms with Crippen molar-refractivity contribution in [3.05, 3.63) is 154 Å². The summed E-state index contributed by atoms with van der Waals surface area (Å²) >= 11 is 0. The standard InChI is InChI=1S/C32H22F8O2S/c33-27-15-1-21(2-16-27)5-19-29(23-7-11-25(12-8-23)31(35,36)37)43(41,42)30(20-6-22-3-17-28(34)18-4-22)24-9-13-26(14-10-24)32(38,39)40/h1-20,29-30H/b19-5+,20-6?. The Morgan fingerprint density at radius 2 is 0.791 bits per heavy atom. The summed E-state index contributed by atoms with van der Waals surface area (Å²) in [6, 6.07) is 16.9. The molecule has 0 aliphatic heterocycles. The van der Waals surface area contributed by atoms with Gasteiger partial charge in [-0.1, -0.05) is 72.8 Å². The maximum Gasteiger partial charge on any atom is 0.416 e. The summed E-state index contributed by atoms with van der Waals surface area (Å²) in [7, 11) is -4.51. The second-order valence-electron chi connectivity index (χ2n) is 9.49. The maximum atomic E-state index is 14.3. The number of rotatable bonds is 8. The molecule has 0 aliphatic carbocycles. The van der Waals surface area contributed by atoms with Crippen LogP contribution in [-0.2, 0) is 22.2 Å². The first-order valence-electron chi connectivity index (χ1n) is 12.6. The van der Waals surface area contributed by atoms with Crippen molar-refractivity contribution in [3.8, 4) is 0 Å². The van der Waals surface area contributed by atoms with Crippen LogP contribution in [0.3, 0.4) is 0 Å². The fourth-order valence-electron chi connectivity index (χ4n) is 4.25. The molecule has 0 saturated heterocycles. The molecule has 2 atom stereocenters. The zero-order valence-electron chi connectivity index (χ0n) is 22.0. The summed E-state index contributed by atoms with van der Waals surface area (Å²) < 4.78 is 135. The lowest BCUT2D eigenvalue weighted by atomic mass is 10.1. The smallest absolute Gasteiger partial charge is 0.227 e. The molecule has 2 nitrogen and oxygen atoms in total. The molecule has 4 aromatic rings. The van der Waals surface area contributed by atoms with Gasteiger partial charge in [0.2, 0.25) is 0 Å². The summed E-state index contributed by atoms with van der Waals surface area (Å²) in [5.74, 6) is -1.09. The van der Waals surface area contributed by atoms with E-state index in [0.717, 1.165) is 72.8 Å². The van der Waals surface area contributed by atoms with Crippen LogP contribution in [0.1, 0.15) is 43.9 Å². The second-order valence-corrected chi connectivity index (χ2v) is 11.7. The Labute approximate surface area is 242 Å². The number of hydrogen-bond acceptors (Lipinski definition) is 2. The van der Waals surface area contributed by atoms with Gasteiger partial charge in [-0.3, -0.25) is 0 Å². The number of benzene rings is 4. The monoisotopic (exact) mass is 622 g/mol. The van der Waals surface area contributed by atoms with Crippen molar-refractivity contribution in [2.45, 2.75) is 22.9 Å². The Morgan fingerprint density at radius 1 is 0.488 bits per heavy atom. The highest BCUT2D eigenvalue weighted by molar-refractivity contribution is 7.92. The highest BCUT2D eigenvalue weighted by Crippen LogP contribution is 2.39. The lowest BCUT2D eigenvalue weighted by Gasteiger charge is -2.22. The molecule has 0 saturated carbocycles. The minimum Gasteiger partial charge on any atom is -0.227 e. The van der Waals surface area contributed by atoms with E-state index in [9.17, 15) is 43.5 Å². The van der Waals surface area contributed by atoms with Gasteiger partial charge in [0.1, 0.15) is 22.1 Å². The molecule has 224 valence electrons. The van der Waals surface area contributed by atoms with Crippen molar-refractivity contribution in [2.24, 2.45) is 0 Å². The van der Waals surface area contributed by atoms with E-state index in [1.165, 1.54) is 48.6 Å². The minimum atomic E-state index is -4.68. The van der Waals surface area contributed by atoms with E-state index in [1.54, 1.807) is 0 Å². The molecule has 0 aliphatic rings. The molecular weight excluding hydrogens is 600 g/mol. The zero-order valence-corrected chi connectivity index (χ0v) is 22.8. The van der Waals surface area contributed by atoms with Gasteiger partial charge in [0.05, 0.1) is 11.1 Å². The molecule has 4 rings (SSSR count). The van der Waals surface area contributed by atoms with Gasteiger partial charge in [-0.05, 0) is 70.8 Å². The molecule has 11 heteroatoms. The van der Waals surface area contributed by atoms with Crippen LogP contribution in [-0.4, -0.2) is 8.42 Å². The lowest BCUT2D eigenvalue weighted by Crippen LogP contribution is -2.19. The molecule has 0 heterocycles. The normalized spacial score (nSPS) is 14.3. The lowest BCUT2D eigenvalue weighted by molar-refractivity contribution is -0.138. The molecule has 0 fully saturated rings. The van der Waals surface area contributed by atoms with E-state index < -0.39 is 55.5 Å². The molecular formula is C32H22F8O2S. The average molecular weight is 623 g/mol.